The summed E-state index contributed by atoms with van der Waals surface area (Å²) in [6, 6.07) is 6.73. The largest absolute Gasteiger partial charge is 0.391 e. The van der Waals surface area contributed by atoms with Crippen LogP contribution in [0.1, 0.15) is 57.7 Å². The second-order valence-corrected chi connectivity index (χ2v) is 11.9. The number of aromatic nitrogens is 4. The van der Waals surface area contributed by atoms with Gasteiger partial charge in [0.05, 0.1) is 11.8 Å². The monoisotopic (exact) mass is 556 g/mol. The second kappa shape index (κ2) is 9.63. The van der Waals surface area contributed by atoms with Crippen molar-refractivity contribution in [3.05, 3.63) is 46.8 Å². The van der Waals surface area contributed by atoms with Crippen LogP contribution < -0.4 is 5.32 Å². The van der Waals surface area contributed by atoms with Crippen LogP contribution in [0.25, 0.3) is 10.9 Å². The van der Waals surface area contributed by atoms with Crippen molar-refractivity contribution in [3.8, 4) is 0 Å². The van der Waals surface area contributed by atoms with Crippen LogP contribution in [0.15, 0.2) is 41.1 Å². The molecule has 5 rings (SSSR count). The molecule has 2 N–H and O–H groups in total. The van der Waals surface area contributed by atoms with Crippen LogP contribution in [-0.2, 0) is 16.1 Å². The maximum absolute atomic E-state index is 13.8. The number of hydrogen-bond donors (Lipinski definition) is 2. The maximum Gasteiger partial charge on any atom is 0.248 e. The quantitative estimate of drug-likeness (QED) is 0.464. The van der Waals surface area contributed by atoms with Gasteiger partial charge in [0, 0.05) is 59.7 Å². The molecule has 2 fully saturated rings. The Bertz CT molecular complexity index is 1270. The standard InChI is InChI=1S/C26H33BrN6O3/c1-26(2,3)23(33-15-20(29-30-33)16-7-8-16)25(36)32-14-17(34)13-22(32)24(35)28-10-12-31-11-9-18-19(27)5-4-6-21(18)31/h4-6,9,11,15-17,22-23,34H,7-8,10,12-14H2,1-3H3,(H,28,35)/t17-,22+,23?/m1/s1. The number of hydrogen-bond acceptors (Lipinski definition) is 5. The molecule has 1 saturated carbocycles. The van der Waals surface area contributed by atoms with E-state index in [2.05, 4.69) is 36.1 Å². The minimum absolute atomic E-state index is 0.129. The third-order valence-corrected chi connectivity index (χ3v) is 7.81. The van der Waals surface area contributed by atoms with E-state index in [0.717, 1.165) is 33.9 Å². The first-order valence-electron chi connectivity index (χ1n) is 12.5. The van der Waals surface area contributed by atoms with Gasteiger partial charge in [-0.15, -0.1) is 5.10 Å². The van der Waals surface area contributed by atoms with Crippen molar-refractivity contribution < 1.29 is 14.7 Å². The van der Waals surface area contributed by atoms with Crippen LogP contribution in [0.2, 0.25) is 0 Å². The Labute approximate surface area is 219 Å². The molecular formula is C26H33BrN6O3. The number of carbonyl (C=O) groups is 2. The Balaban J connectivity index is 1.28. The number of halogens is 1. The molecule has 1 saturated heterocycles. The Morgan fingerprint density at radius 3 is 2.75 bits per heavy atom. The predicted octanol–water partition coefficient (Wildman–Crippen LogP) is 3.24. The molecule has 3 aromatic rings. The van der Waals surface area contributed by atoms with Crippen LogP contribution >= 0.6 is 15.9 Å². The molecule has 1 aliphatic carbocycles. The molecule has 1 aliphatic heterocycles. The summed E-state index contributed by atoms with van der Waals surface area (Å²) in [7, 11) is 0. The number of nitrogens with zero attached hydrogens (tertiary/aromatic N) is 5. The van der Waals surface area contributed by atoms with Crippen LogP contribution in [0.5, 0.6) is 0 Å². The molecule has 36 heavy (non-hydrogen) atoms. The van der Waals surface area contributed by atoms with Gasteiger partial charge >= 0.3 is 0 Å². The van der Waals surface area contributed by atoms with Crippen LogP contribution in [-0.4, -0.2) is 66.6 Å². The van der Waals surface area contributed by atoms with Crippen molar-refractivity contribution in [1.82, 2.24) is 29.8 Å². The Morgan fingerprint density at radius 1 is 1.25 bits per heavy atom. The van der Waals surface area contributed by atoms with E-state index in [4.69, 9.17) is 0 Å². The lowest BCUT2D eigenvalue weighted by molar-refractivity contribution is -0.144. The first kappa shape index (κ1) is 25.0. The average molecular weight is 557 g/mol. The van der Waals surface area contributed by atoms with Gasteiger partial charge in [-0.1, -0.05) is 48.0 Å². The summed E-state index contributed by atoms with van der Waals surface area (Å²) in [5, 5.41) is 23.1. The first-order valence-corrected chi connectivity index (χ1v) is 13.3. The maximum atomic E-state index is 13.8. The van der Waals surface area contributed by atoms with Gasteiger partial charge < -0.3 is 19.9 Å². The molecule has 0 radical (unpaired) electrons. The number of carbonyl (C=O) groups excluding carboxylic acids is 2. The number of fused-ring (bicyclic) bond motifs is 1. The van der Waals surface area contributed by atoms with Gasteiger partial charge in [-0.3, -0.25) is 9.59 Å². The third kappa shape index (κ3) is 4.93. The lowest BCUT2D eigenvalue weighted by atomic mass is 9.85. The summed E-state index contributed by atoms with van der Waals surface area (Å²) in [4.78, 5) is 28.5. The zero-order chi connectivity index (χ0) is 25.6. The molecule has 2 aliphatic rings. The van der Waals surface area contributed by atoms with Gasteiger partial charge in [0.2, 0.25) is 11.8 Å². The molecule has 2 amide bonds. The molecule has 3 atom stereocenters. The van der Waals surface area contributed by atoms with Crippen molar-refractivity contribution in [2.45, 2.75) is 70.7 Å². The highest BCUT2D eigenvalue weighted by atomic mass is 79.9. The third-order valence-electron chi connectivity index (χ3n) is 7.12. The lowest BCUT2D eigenvalue weighted by Gasteiger charge is -2.34. The summed E-state index contributed by atoms with van der Waals surface area (Å²) in [6.45, 7) is 7.09. The molecule has 0 spiro atoms. The zero-order valence-corrected chi connectivity index (χ0v) is 22.5. The Hall–Kier alpha value is -2.72. The van der Waals surface area contributed by atoms with Crippen LogP contribution in [0.3, 0.4) is 0 Å². The molecule has 1 unspecified atom stereocenters. The zero-order valence-electron chi connectivity index (χ0n) is 20.9. The van der Waals surface area contributed by atoms with Gasteiger partial charge in [-0.2, -0.15) is 0 Å². The summed E-state index contributed by atoms with van der Waals surface area (Å²) >= 11 is 3.57. The van der Waals surface area contributed by atoms with Gasteiger partial charge in [-0.25, -0.2) is 4.68 Å². The number of amides is 2. The smallest absolute Gasteiger partial charge is 0.248 e. The highest BCUT2D eigenvalue weighted by molar-refractivity contribution is 9.10. The molecule has 2 aromatic heterocycles. The summed E-state index contributed by atoms with van der Waals surface area (Å²) in [5.41, 5.74) is 1.54. The van der Waals surface area contributed by atoms with Gasteiger partial charge in [0.1, 0.15) is 12.1 Å². The van der Waals surface area contributed by atoms with Crippen molar-refractivity contribution in [1.29, 1.82) is 0 Å². The lowest BCUT2D eigenvalue weighted by Crippen LogP contribution is -2.50. The van der Waals surface area contributed by atoms with Gasteiger partial charge in [0.15, 0.2) is 0 Å². The second-order valence-electron chi connectivity index (χ2n) is 11.0. The van der Waals surface area contributed by atoms with E-state index in [1.54, 1.807) is 4.68 Å². The SMILES string of the molecule is CC(C)(C)C(C(=O)N1C[C@H](O)C[C@H]1C(=O)NCCn1ccc2c(Br)cccc21)n1cc(C2CC2)nn1. The minimum atomic E-state index is -0.742. The number of rotatable bonds is 7. The number of β-amino-alcohol motifs (C(OH)–C–C–N with tert-alkyl or cyclic N) is 1. The normalized spacial score (nSPS) is 21.2. The van der Waals surface area contributed by atoms with Crippen molar-refractivity contribution in [3.63, 3.8) is 0 Å². The Morgan fingerprint density at radius 2 is 2.03 bits per heavy atom. The average Bonchev–Trinajstić information content (AvgIpc) is 3.21. The van der Waals surface area contributed by atoms with E-state index in [-0.39, 0.29) is 24.8 Å². The molecule has 192 valence electrons. The fraction of sp³-hybridized carbons (Fsp3) is 0.538. The number of nitrogens with one attached hydrogen (secondary N) is 1. The fourth-order valence-corrected chi connectivity index (χ4v) is 5.61. The summed E-state index contributed by atoms with van der Waals surface area (Å²) in [5.74, 6) is -0.0321. The van der Waals surface area contributed by atoms with Crippen molar-refractivity contribution >= 4 is 38.6 Å². The van der Waals surface area contributed by atoms with Crippen molar-refractivity contribution in [2.75, 3.05) is 13.1 Å². The predicted molar refractivity (Wildman–Crippen MR) is 139 cm³/mol. The highest BCUT2D eigenvalue weighted by Crippen LogP contribution is 2.40. The van der Waals surface area contributed by atoms with E-state index in [1.807, 2.05) is 57.4 Å². The fourth-order valence-electron chi connectivity index (χ4n) is 5.12. The Kier molecular flexibility index (Phi) is 6.67. The highest BCUT2D eigenvalue weighted by Gasteiger charge is 2.45. The number of aliphatic hydroxyl groups excluding tert-OH is 1. The molecule has 3 heterocycles. The van der Waals surface area contributed by atoms with E-state index < -0.39 is 23.6 Å². The van der Waals surface area contributed by atoms with E-state index in [9.17, 15) is 14.7 Å². The van der Waals surface area contributed by atoms with Crippen LogP contribution in [0, 0.1) is 5.41 Å². The summed E-state index contributed by atoms with van der Waals surface area (Å²) in [6.07, 6.45) is 5.55. The number of aliphatic hydroxyl groups is 1. The molecular weight excluding hydrogens is 524 g/mol. The van der Waals surface area contributed by atoms with E-state index in [0.29, 0.717) is 19.0 Å². The number of benzene rings is 1. The summed E-state index contributed by atoms with van der Waals surface area (Å²) < 4.78 is 4.76. The minimum Gasteiger partial charge on any atom is -0.391 e. The van der Waals surface area contributed by atoms with Gasteiger partial charge in [-0.05, 0) is 36.5 Å². The molecule has 1 aromatic carbocycles. The first-order chi connectivity index (χ1) is 17.1. The molecule has 0 bridgehead atoms. The van der Waals surface area contributed by atoms with E-state index in [1.165, 1.54) is 4.90 Å². The molecule has 10 heteroatoms. The molecule has 9 nitrogen and oxygen atoms in total. The number of likely N-dealkylation sites (tertiary alicyclic amines) is 1. The van der Waals surface area contributed by atoms with Crippen LogP contribution in [0.4, 0.5) is 0 Å². The van der Waals surface area contributed by atoms with Gasteiger partial charge in [0.25, 0.3) is 0 Å². The topological polar surface area (TPSA) is 105 Å². The van der Waals surface area contributed by atoms with E-state index >= 15 is 0 Å². The van der Waals surface area contributed by atoms with Crippen molar-refractivity contribution in [2.24, 2.45) is 5.41 Å².